The van der Waals surface area contributed by atoms with Crippen molar-refractivity contribution in [1.82, 2.24) is 29.1 Å². The van der Waals surface area contributed by atoms with Crippen LogP contribution in [0.15, 0.2) is 121 Å². The number of fused-ring (bicyclic) bond motifs is 6. The maximum absolute atomic E-state index is 5.12. The van der Waals surface area contributed by atoms with E-state index in [0.29, 0.717) is 23.4 Å². The molecule has 0 bridgehead atoms. The van der Waals surface area contributed by atoms with E-state index in [1.54, 1.807) is 6.20 Å². The van der Waals surface area contributed by atoms with Crippen LogP contribution >= 0.6 is 0 Å². The van der Waals surface area contributed by atoms with Crippen molar-refractivity contribution in [2.75, 3.05) is 0 Å². The fourth-order valence-corrected chi connectivity index (χ4v) is 5.44. The molecule has 0 radical (unpaired) electrons. The van der Waals surface area contributed by atoms with Gasteiger partial charge in [-0.3, -0.25) is 14.1 Å². The summed E-state index contributed by atoms with van der Waals surface area (Å²) in [6.07, 6.45) is 1.76. The first-order valence-electron chi connectivity index (χ1n) is 12.5. The van der Waals surface area contributed by atoms with E-state index in [1.165, 1.54) is 0 Å². The van der Waals surface area contributed by atoms with Crippen molar-refractivity contribution in [3.05, 3.63) is 121 Å². The molecule has 0 fully saturated rings. The lowest BCUT2D eigenvalue weighted by Crippen LogP contribution is -2.10. The fraction of sp³-hybridized carbons (Fsp3) is 0. The zero-order valence-corrected chi connectivity index (χ0v) is 20.2. The molecule has 0 amide bonds. The molecular weight excluding hydrogens is 468 g/mol. The highest BCUT2D eigenvalue weighted by molar-refractivity contribution is 6.10. The predicted molar refractivity (Wildman–Crippen MR) is 152 cm³/mol. The molecule has 0 aliphatic heterocycles. The Morgan fingerprint density at radius 3 is 1.18 bits per heavy atom. The molecule has 178 valence electrons. The Morgan fingerprint density at radius 2 is 0.789 bits per heavy atom. The molecule has 0 unspecified atom stereocenters. The molecule has 8 rings (SSSR count). The summed E-state index contributed by atoms with van der Waals surface area (Å²) in [5.74, 6) is 1.62. The van der Waals surface area contributed by atoms with Gasteiger partial charge in [0.2, 0.25) is 11.9 Å². The van der Waals surface area contributed by atoms with Gasteiger partial charge < -0.3 is 0 Å². The van der Waals surface area contributed by atoms with Gasteiger partial charge in [-0.1, -0.05) is 78.9 Å². The van der Waals surface area contributed by atoms with Crippen molar-refractivity contribution in [3.63, 3.8) is 0 Å². The number of benzene rings is 4. The van der Waals surface area contributed by atoms with Gasteiger partial charge in [0.1, 0.15) is 5.69 Å². The molecule has 4 aromatic heterocycles. The van der Waals surface area contributed by atoms with E-state index >= 15 is 0 Å². The molecule has 4 aromatic carbocycles. The van der Waals surface area contributed by atoms with Crippen LogP contribution in [-0.4, -0.2) is 29.1 Å². The number of para-hydroxylation sites is 4. The average molecular weight is 489 g/mol. The highest BCUT2D eigenvalue weighted by atomic mass is 15.3. The molecule has 6 heteroatoms. The number of pyridine rings is 1. The van der Waals surface area contributed by atoms with Crippen molar-refractivity contribution in [2.45, 2.75) is 0 Å². The molecule has 38 heavy (non-hydrogen) atoms. The first kappa shape index (κ1) is 20.8. The van der Waals surface area contributed by atoms with Crippen LogP contribution in [0.1, 0.15) is 0 Å². The van der Waals surface area contributed by atoms with Gasteiger partial charge in [0.05, 0.1) is 22.1 Å². The first-order valence-corrected chi connectivity index (χ1v) is 12.5. The molecule has 0 aliphatic carbocycles. The highest BCUT2D eigenvalue weighted by Crippen LogP contribution is 2.33. The Labute approximate surface area is 217 Å². The molecule has 0 aliphatic rings. The van der Waals surface area contributed by atoms with Crippen LogP contribution in [0, 0.1) is 0 Å². The minimum atomic E-state index is 0.523. The number of rotatable bonds is 3. The molecule has 4 heterocycles. The third kappa shape index (κ3) is 3.01. The lowest BCUT2D eigenvalue weighted by molar-refractivity contribution is 0.889. The SMILES string of the molecule is c1ccc(-c2nc(-n3c4ccccc4c4ccccc43)nc(-n3c4ccccc4c4ccccc43)n2)nc1. The Bertz CT molecular complexity index is 1900. The summed E-state index contributed by atoms with van der Waals surface area (Å²) in [7, 11) is 0. The summed E-state index contributed by atoms with van der Waals surface area (Å²) in [6.45, 7) is 0. The van der Waals surface area contributed by atoms with Crippen LogP contribution in [0.5, 0.6) is 0 Å². The van der Waals surface area contributed by atoms with E-state index in [2.05, 4.69) is 86.9 Å². The monoisotopic (exact) mass is 488 g/mol. The Hall–Kier alpha value is -5.36. The van der Waals surface area contributed by atoms with Crippen LogP contribution in [0.2, 0.25) is 0 Å². The minimum Gasteiger partial charge on any atom is -0.278 e. The first-order chi connectivity index (χ1) is 18.9. The second kappa shape index (κ2) is 8.08. The summed E-state index contributed by atoms with van der Waals surface area (Å²) in [6, 6.07) is 39.2. The molecule has 0 spiro atoms. The summed E-state index contributed by atoms with van der Waals surface area (Å²) in [5, 5.41) is 4.62. The average Bonchev–Trinajstić information content (AvgIpc) is 3.51. The highest BCUT2D eigenvalue weighted by Gasteiger charge is 2.20. The summed E-state index contributed by atoms with van der Waals surface area (Å²) < 4.78 is 4.24. The lowest BCUT2D eigenvalue weighted by atomic mass is 10.2. The number of hydrogen-bond acceptors (Lipinski definition) is 4. The Balaban J connectivity index is 1.51. The lowest BCUT2D eigenvalue weighted by Gasteiger charge is -2.12. The van der Waals surface area contributed by atoms with Gasteiger partial charge in [-0.25, -0.2) is 0 Å². The van der Waals surface area contributed by atoms with Crippen molar-refractivity contribution < 1.29 is 0 Å². The number of hydrogen-bond donors (Lipinski definition) is 0. The van der Waals surface area contributed by atoms with Gasteiger partial charge in [-0.15, -0.1) is 0 Å². The largest absolute Gasteiger partial charge is 0.278 e. The van der Waals surface area contributed by atoms with E-state index < -0.39 is 0 Å². The second-order valence-corrected chi connectivity index (χ2v) is 9.21. The molecule has 0 atom stereocenters. The second-order valence-electron chi connectivity index (χ2n) is 9.21. The zero-order valence-electron chi connectivity index (χ0n) is 20.2. The third-order valence-corrected chi connectivity index (χ3v) is 7.07. The summed E-state index contributed by atoms with van der Waals surface area (Å²) in [4.78, 5) is 19.7. The third-order valence-electron chi connectivity index (χ3n) is 7.07. The smallest absolute Gasteiger partial charge is 0.240 e. The van der Waals surface area contributed by atoms with Gasteiger partial charge >= 0.3 is 0 Å². The van der Waals surface area contributed by atoms with Crippen LogP contribution in [0.4, 0.5) is 0 Å². The quantitative estimate of drug-likeness (QED) is 0.265. The zero-order chi connectivity index (χ0) is 25.1. The maximum Gasteiger partial charge on any atom is 0.240 e. The number of aromatic nitrogens is 6. The predicted octanol–water partition coefficient (Wildman–Crippen LogP) is 7.13. The van der Waals surface area contributed by atoms with E-state index in [0.717, 1.165) is 43.6 Å². The fourth-order valence-electron chi connectivity index (χ4n) is 5.44. The van der Waals surface area contributed by atoms with Crippen LogP contribution in [0.25, 0.3) is 67.0 Å². The molecule has 8 aromatic rings. The molecule has 0 saturated heterocycles. The summed E-state index contributed by atoms with van der Waals surface area (Å²) in [5.41, 5.74) is 4.86. The van der Waals surface area contributed by atoms with Crippen LogP contribution in [0.3, 0.4) is 0 Å². The molecule has 0 N–H and O–H groups in total. The topological polar surface area (TPSA) is 61.4 Å². The van der Waals surface area contributed by atoms with E-state index in [4.69, 9.17) is 15.0 Å². The van der Waals surface area contributed by atoms with Crippen LogP contribution < -0.4 is 0 Å². The molecule has 0 saturated carbocycles. The van der Waals surface area contributed by atoms with Crippen LogP contribution in [-0.2, 0) is 0 Å². The van der Waals surface area contributed by atoms with Crippen molar-refractivity contribution in [1.29, 1.82) is 0 Å². The van der Waals surface area contributed by atoms with Crippen molar-refractivity contribution >= 4 is 43.6 Å². The Morgan fingerprint density at radius 1 is 0.395 bits per heavy atom. The van der Waals surface area contributed by atoms with E-state index in [9.17, 15) is 0 Å². The number of nitrogens with zero attached hydrogens (tertiary/aromatic N) is 6. The maximum atomic E-state index is 5.12. The van der Waals surface area contributed by atoms with Crippen molar-refractivity contribution in [3.8, 4) is 23.4 Å². The molecular formula is C32H20N6. The summed E-state index contributed by atoms with van der Waals surface area (Å²) >= 11 is 0. The molecule has 6 nitrogen and oxygen atoms in total. The van der Waals surface area contributed by atoms with Gasteiger partial charge in [-0.05, 0) is 36.4 Å². The Kier molecular flexibility index (Phi) is 4.42. The van der Waals surface area contributed by atoms with E-state index in [1.807, 2.05) is 42.5 Å². The van der Waals surface area contributed by atoms with Crippen molar-refractivity contribution in [2.24, 2.45) is 0 Å². The van der Waals surface area contributed by atoms with Gasteiger partial charge in [0.25, 0.3) is 0 Å². The van der Waals surface area contributed by atoms with Gasteiger partial charge in [-0.2, -0.15) is 15.0 Å². The van der Waals surface area contributed by atoms with Gasteiger partial charge in [0, 0.05) is 27.7 Å². The minimum absolute atomic E-state index is 0.523. The standard InChI is InChI=1S/C32H20N6/c1-5-16-26-21(11-1)22-12-2-6-17-27(22)37(26)31-34-30(25-15-9-10-20-33-25)35-32(36-31)38-28-18-7-3-13-23(28)24-14-4-8-19-29(24)38/h1-20H. The van der Waals surface area contributed by atoms with Gasteiger partial charge in [0.15, 0.2) is 5.82 Å². The normalized spacial score (nSPS) is 11.7. The van der Waals surface area contributed by atoms with E-state index in [-0.39, 0.29) is 0 Å².